The molecule has 0 radical (unpaired) electrons. The van der Waals surface area contributed by atoms with Crippen LogP contribution < -0.4 is 21.7 Å². The topological polar surface area (TPSA) is 232 Å². The van der Waals surface area contributed by atoms with Crippen molar-refractivity contribution in [2.24, 2.45) is 5.73 Å². The van der Waals surface area contributed by atoms with E-state index >= 15 is 0 Å². The van der Waals surface area contributed by atoms with Crippen LogP contribution in [0.15, 0.2) is 30.3 Å². The van der Waals surface area contributed by atoms with Crippen LogP contribution in [0.5, 0.6) is 0 Å². The highest BCUT2D eigenvalue weighted by Crippen LogP contribution is 2.17. The Morgan fingerprint density at radius 2 is 1.56 bits per heavy atom. The number of nitrogens with two attached hydrogens (primary N) is 1. The van der Waals surface area contributed by atoms with Gasteiger partial charge in [0.15, 0.2) is 6.10 Å². The largest absolute Gasteiger partial charge is 0.481 e. The Morgan fingerprint density at radius 1 is 0.923 bits per heavy atom. The van der Waals surface area contributed by atoms with Crippen LogP contribution in [0.2, 0.25) is 0 Å². The molecule has 0 fully saturated rings. The van der Waals surface area contributed by atoms with Crippen molar-refractivity contribution >= 4 is 35.5 Å². The van der Waals surface area contributed by atoms with Gasteiger partial charge < -0.3 is 47.2 Å². The van der Waals surface area contributed by atoms with Gasteiger partial charge in [-0.3, -0.25) is 19.2 Å². The molecule has 14 heteroatoms. The molecule has 10 N–H and O–H groups in total. The summed E-state index contributed by atoms with van der Waals surface area (Å²) in [5.74, 6) is -3.21. The zero-order valence-electron chi connectivity index (χ0n) is 22.0. The van der Waals surface area contributed by atoms with E-state index in [9.17, 15) is 44.7 Å². The van der Waals surface area contributed by atoms with Crippen molar-refractivity contribution in [3.63, 3.8) is 0 Å². The molecule has 1 rings (SSSR count). The summed E-state index contributed by atoms with van der Waals surface area (Å²) in [6, 6.07) is 3.67. The van der Waals surface area contributed by atoms with Crippen molar-refractivity contribution in [3.05, 3.63) is 35.9 Å². The molecule has 13 nitrogen and oxygen atoms in total. The lowest BCUT2D eigenvalue weighted by Crippen LogP contribution is -2.60. The van der Waals surface area contributed by atoms with Gasteiger partial charge in [0.05, 0.1) is 31.2 Å². The minimum atomic E-state index is -2.23. The monoisotopic (exact) mass is 572 g/mol. The minimum absolute atomic E-state index is 0.212. The van der Waals surface area contributed by atoms with Gasteiger partial charge in [-0.1, -0.05) is 43.7 Å². The van der Waals surface area contributed by atoms with Crippen LogP contribution in [0.4, 0.5) is 0 Å². The maximum Gasteiger partial charge on any atom is 0.305 e. The molecule has 0 unspecified atom stereocenters. The van der Waals surface area contributed by atoms with Crippen LogP contribution in [0.25, 0.3) is 0 Å². The summed E-state index contributed by atoms with van der Waals surface area (Å²) in [5.41, 5.74) is 6.26. The number of aliphatic carboxylic acids is 1. The molecule has 1 aromatic carbocycles. The van der Waals surface area contributed by atoms with Crippen molar-refractivity contribution in [2.45, 2.75) is 75.1 Å². The number of carboxylic acid groups (broad SMARTS) is 1. The van der Waals surface area contributed by atoms with E-state index in [1.165, 1.54) is 11.8 Å². The molecule has 220 valence electrons. The van der Waals surface area contributed by atoms with Gasteiger partial charge in [-0.2, -0.15) is 11.8 Å². The molecule has 0 aromatic heterocycles. The lowest BCUT2D eigenvalue weighted by Gasteiger charge is -2.30. The molecular weight excluding hydrogens is 532 g/mol. The van der Waals surface area contributed by atoms with Gasteiger partial charge in [-0.05, 0) is 30.4 Å². The van der Waals surface area contributed by atoms with Gasteiger partial charge in [-0.15, -0.1) is 0 Å². The fraction of sp³-hybridized carbons (Fsp3) is 0.600. The molecule has 0 spiro atoms. The summed E-state index contributed by atoms with van der Waals surface area (Å²) in [5, 5.41) is 57.6. The standard InChI is InChI=1S/C25H40N4O9S/c1-3-7-15(26)23(36)27-16(10-11-39-2)24(37)29-18(13-30)20(33)21(34)22(35)25(38)28-17(12-19(31)32)14-8-5-4-6-9-14/h4-6,8-9,15-18,20-22,30,33-35H,3,7,10-13,26H2,1-2H3,(H,27,36)(H,28,38)(H,29,37)(H,31,32)/t15-,16-,17-,18-,20+,21+,22-/m0/s1. The summed E-state index contributed by atoms with van der Waals surface area (Å²) in [7, 11) is 0. The van der Waals surface area contributed by atoms with E-state index in [1.807, 2.05) is 13.2 Å². The molecule has 0 aliphatic rings. The van der Waals surface area contributed by atoms with E-state index in [-0.39, 0.29) is 6.42 Å². The fourth-order valence-electron chi connectivity index (χ4n) is 3.70. The molecule has 7 atom stereocenters. The summed E-state index contributed by atoms with van der Waals surface area (Å²) in [6.45, 7) is 0.981. The minimum Gasteiger partial charge on any atom is -0.481 e. The third-order valence-electron chi connectivity index (χ3n) is 5.96. The van der Waals surface area contributed by atoms with Crippen LogP contribution in [-0.4, -0.2) is 104 Å². The Morgan fingerprint density at radius 3 is 2.10 bits per heavy atom. The SMILES string of the molecule is CCC[C@H](N)C(=O)N[C@@H](CCSC)C(=O)N[C@@H](CO)[C@@H](O)[C@@H](O)[C@H](O)C(=O)N[C@@H](CC(=O)O)c1ccccc1. The van der Waals surface area contributed by atoms with Crippen LogP contribution in [0.1, 0.15) is 44.2 Å². The lowest BCUT2D eigenvalue weighted by atomic mass is 9.98. The number of hydrogen-bond acceptors (Lipinski definition) is 10. The highest BCUT2D eigenvalue weighted by Gasteiger charge is 2.37. The van der Waals surface area contributed by atoms with Crippen molar-refractivity contribution in [3.8, 4) is 0 Å². The molecular formula is C25H40N4O9S. The van der Waals surface area contributed by atoms with Gasteiger partial charge in [0.2, 0.25) is 11.8 Å². The average Bonchev–Trinajstić information content (AvgIpc) is 2.92. The number of aliphatic hydroxyl groups is 4. The number of amides is 3. The Kier molecular flexibility index (Phi) is 15.6. The zero-order chi connectivity index (χ0) is 29.5. The van der Waals surface area contributed by atoms with E-state index < -0.39 is 79.2 Å². The third kappa shape index (κ3) is 11.5. The van der Waals surface area contributed by atoms with Gasteiger partial charge in [0.25, 0.3) is 5.91 Å². The molecule has 3 amide bonds. The fourth-order valence-corrected chi connectivity index (χ4v) is 4.17. The second-order valence-electron chi connectivity index (χ2n) is 9.03. The van der Waals surface area contributed by atoms with E-state index in [1.54, 1.807) is 30.3 Å². The number of nitrogens with one attached hydrogen (secondary N) is 3. The zero-order valence-corrected chi connectivity index (χ0v) is 22.8. The highest BCUT2D eigenvalue weighted by molar-refractivity contribution is 7.98. The lowest BCUT2D eigenvalue weighted by molar-refractivity contribution is -0.145. The predicted octanol–water partition coefficient (Wildman–Crippen LogP) is -1.76. The first kappa shape index (κ1) is 34.3. The summed E-state index contributed by atoms with van der Waals surface area (Å²) in [6.07, 6.45) is -3.83. The van der Waals surface area contributed by atoms with Crippen molar-refractivity contribution in [1.29, 1.82) is 0 Å². The van der Waals surface area contributed by atoms with E-state index in [2.05, 4.69) is 16.0 Å². The molecule has 39 heavy (non-hydrogen) atoms. The van der Waals surface area contributed by atoms with Gasteiger partial charge in [0.1, 0.15) is 18.2 Å². The Labute approximate surface area is 231 Å². The molecule has 0 saturated carbocycles. The number of hydrogen-bond donors (Lipinski definition) is 9. The molecule has 1 aromatic rings. The number of rotatable bonds is 18. The van der Waals surface area contributed by atoms with Gasteiger partial charge in [-0.25, -0.2) is 0 Å². The third-order valence-corrected chi connectivity index (χ3v) is 6.60. The quantitative estimate of drug-likeness (QED) is 0.0956. The van der Waals surface area contributed by atoms with Gasteiger partial charge >= 0.3 is 5.97 Å². The van der Waals surface area contributed by atoms with Crippen molar-refractivity contribution < 1.29 is 44.7 Å². The summed E-state index contributed by atoms with van der Waals surface area (Å²) < 4.78 is 0. The smallest absolute Gasteiger partial charge is 0.305 e. The van der Waals surface area contributed by atoms with Crippen LogP contribution >= 0.6 is 11.8 Å². The first-order valence-electron chi connectivity index (χ1n) is 12.5. The predicted molar refractivity (Wildman–Crippen MR) is 144 cm³/mol. The second-order valence-corrected chi connectivity index (χ2v) is 10.0. The normalized spacial score (nSPS) is 16.6. The molecule has 0 bridgehead atoms. The Bertz CT molecular complexity index is 924. The van der Waals surface area contributed by atoms with E-state index in [0.29, 0.717) is 24.2 Å². The van der Waals surface area contributed by atoms with E-state index in [0.717, 1.165) is 0 Å². The summed E-state index contributed by atoms with van der Waals surface area (Å²) in [4.78, 5) is 49.1. The number of thioether (sulfide) groups is 1. The van der Waals surface area contributed by atoms with Crippen molar-refractivity contribution in [1.82, 2.24) is 16.0 Å². The molecule has 0 aliphatic carbocycles. The maximum absolute atomic E-state index is 12.9. The average molecular weight is 573 g/mol. The van der Waals surface area contributed by atoms with Gasteiger partial charge in [0, 0.05) is 0 Å². The highest BCUT2D eigenvalue weighted by atomic mass is 32.2. The van der Waals surface area contributed by atoms with Crippen LogP contribution in [0, 0.1) is 0 Å². The van der Waals surface area contributed by atoms with E-state index in [4.69, 9.17) is 5.73 Å². The Hall–Kier alpha value is -2.75. The number of carbonyl (C=O) groups is 4. The first-order chi connectivity index (χ1) is 18.5. The van der Waals surface area contributed by atoms with Crippen molar-refractivity contribution in [2.75, 3.05) is 18.6 Å². The maximum atomic E-state index is 12.9. The molecule has 0 saturated heterocycles. The number of aliphatic hydroxyl groups excluding tert-OH is 4. The summed E-state index contributed by atoms with van der Waals surface area (Å²) >= 11 is 1.43. The number of carbonyl (C=O) groups excluding carboxylic acids is 3. The van der Waals surface area contributed by atoms with Crippen LogP contribution in [0.3, 0.4) is 0 Å². The second kappa shape index (κ2) is 17.8. The Balaban J connectivity index is 2.92. The molecule has 0 heterocycles. The molecule has 0 aliphatic heterocycles. The number of carboxylic acids is 1. The first-order valence-corrected chi connectivity index (χ1v) is 13.9. The number of benzene rings is 1. The van der Waals surface area contributed by atoms with Crippen LogP contribution in [-0.2, 0) is 19.2 Å².